The lowest BCUT2D eigenvalue weighted by Gasteiger charge is -2.08. The molecule has 2 nitrogen and oxygen atoms in total. The Morgan fingerprint density at radius 3 is 2.43 bits per heavy atom. The molecule has 0 spiro atoms. The molecule has 0 bridgehead atoms. The first kappa shape index (κ1) is 15.9. The number of rotatable bonds is 3. The molecule has 0 saturated heterocycles. The summed E-state index contributed by atoms with van der Waals surface area (Å²) in [7, 11) is 0. The molecule has 1 aromatic heterocycles. The van der Waals surface area contributed by atoms with E-state index < -0.39 is 17.6 Å². The van der Waals surface area contributed by atoms with Crippen molar-refractivity contribution in [1.82, 2.24) is 4.98 Å². The number of halogens is 4. The Hall–Kier alpha value is -1.47. The van der Waals surface area contributed by atoms with Gasteiger partial charge < -0.3 is 5.73 Å². The number of hydrogen-bond acceptors (Lipinski definition) is 3. The summed E-state index contributed by atoms with van der Waals surface area (Å²) in [6.45, 7) is 4.03. The van der Waals surface area contributed by atoms with Gasteiger partial charge in [-0.2, -0.15) is 13.2 Å². The van der Waals surface area contributed by atoms with E-state index in [-0.39, 0.29) is 23.0 Å². The third-order valence-corrected chi connectivity index (χ3v) is 4.11. The van der Waals surface area contributed by atoms with E-state index in [0.29, 0.717) is 5.69 Å². The molecular weight excluding hydrogens is 304 g/mol. The minimum atomic E-state index is -4.52. The summed E-state index contributed by atoms with van der Waals surface area (Å²) in [6, 6.07) is 2.33. The standard InChI is InChI=1S/C14H14F4N2S/c1-7(2)12-11(6-19)21-13(20-12)9-5-8(14(16,17)18)3-4-10(9)15/h3-5,7H,6,19H2,1-2H3. The molecule has 21 heavy (non-hydrogen) atoms. The number of nitrogens with two attached hydrogens (primary N) is 1. The van der Waals surface area contributed by atoms with Gasteiger partial charge in [0.05, 0.1) is 11.3 Å². The van der Waals surface area contributed by atoms with E-state index >= 15 is 0 Å². The van der Waals surface area contributed by atoms with Gasteiger partial charge in [0.15, 0.2) is 0 Å². The zero-order chi connectivity index (χ0) is 15.8. The van der Waals surface area contributed by atoms with E-state index in [1.807, 2.05) is 13.8 Å². The lowest BCUT2D eigenvalue weighted by atomic mass is 10.1. The molecule has 0 amide bonds. The topological polar surface area (TPSA) is 38.9 Å². The zero-order valence-electron chi connectivity index (χ0n) is 11.5. The van der Waals surface area contributed by atoms with E-state index in [1.165, 1.54) is 0 Å². The van der Waals surface area contributed by atoms with Crippen LogP contribution in [0.2, 0.25) is 0 Å². The van der Waals surface area contributed by atoms with Gasteiger partial charge in [0.2, 0.25) is 0 Å². The van der Waals surface area contributed by atoms with Gasteiger partial charge in [-0.3, -0.25) is 0 Å². The average Bonchev–Trinajstić information content (AvgIpc) is 2.82. The number of aromatic nitrogens is 1. The Bertz CT molecular complexity index is 647. The summed E-state index contributed by atoms with van der Waals surface area (Å²) in [5.74, 6) is -0.655. The molecule has 0 saturated carbocycles. The predicted octanol–water partition coefficient (Wildman–Crippen LogP) is 4.55. The SMILES string of the molecule is CC(C)c1nc(-c2cc(C(F)(F)F)ccc2F)sc1CN. The fourth-order valence-corrected chi connectivity index (χ4v) is 3.05. The van der Waals surface area contributed by atoms with Crippen molar-refractivity contribution in [3.63, 3.8) is 0 Å². The van der Waals surface area contributed by atoms with Crippen molar-refractivity contribution in [2.75, 3.05) is 0 Å². The van der Waals surface area contributed by atoms with Gasteiger partial charge in [0.25, 0.3) is 0 Å². The van der Waals surface area contributed by atoms with Crippen LogP contribution in [0.1, 0.15) is 35.9 Å². The molecule has 2 aromatic rings. The maximum atomic E-state index is 13.9. The van der Waals surface area contributed by atoms with E-state index in [1.54, 1.807) is 0 Å². The highest BCUT2D eigenvalue weighted by atomic mass is 32.1. The molecule has 0 fully saturated rings. The second kappa shape index (κ2) is 5.73. The van der Waals surface area contributed by atoms with Crippen molar-refractivity contribution in [2.45, 2.75) is 32.5 Å². The van der Waals surface area contributed by atoms with Crippen LogP contribution >= 0.6 is 11.3 Å². The number of nitrogens with zero attached hydrogens (tertiary/aromatic N) is 1. The van der Waals surface area contributed by atoms with Gasteiger partial charge >= 0.3 is 6.18 Å². The number of hydrogen-bond donors (Lipinski definition) is 1. The Morgan fingerprint density at radius 2 is 1.95 bits per heavy atom. The largest absolute Gasteiger partial charge is 0.416 e. The molecular formula is C14H14F4N2S. The lowest BCUT2D eigenvalue weighted by molar-refractivity contribution is -0.137. The fraction of sp³-hybridized carbons (Fsp3) is 0.357. The quantitative estimate of drug-likeness (QED) is 0.843. The van der Waals surface area contributed by atoms with E-state index in [2.05, 4.69) is 4.98 Å². The molecule has 0 atom stereocenters. The average molecular weight is 318 g/mol. The van der Waals surface area contributed by atoms with Crippen LogP contribution < -0.4 is 5.73 Å². The molecule has 0 radical (unpaired) electrons. The molecule has 0 unspecified atom stereocenters. The van der Waals surface area contributed by atoms with Crippen LogP contribution in [-0.4, -0.2) is 4.98 Å². The highest BCUT2D eigenvalue weighted by Gasteiger charge is 2.31. The molecule has 2 rings (SSSR count). The van der Waals surface area contributed by atoms with Gasteiger partial charge in [0.1, 0.15) is 10.8 Å². The van der Waals surface area contributed by atoms with Gasteiger partial charge in [-0.25, -0.2) is 9.37 Å². The number of thiazole rings is 1. The predicted molar refractivity (Wildman–Crippen MR) is 74.5 cm³/mol. The first-order valence-corrected chi connectivity index (χ1v) is 7.12. The maximum absolute atomic E-state index is 13.9. The highest BCUT2D eigenvalue weighted by molar-refractivity contribution is 7.15. The minimum absolute atomic E-state index is 0.0717. The van der Waals surface area contributed by atoms with Crippen molar-refractivity contribution in [3.8, 4) is 10.6 Å². The second-order valence-electron chi connectivity index (χ2n) is 4.88. The summed E-state index contributed by atoms with van der Waals surface area (Å²) in [4.78, 5) is 5.03. The molecule has 114 valence electrons. The van der Waals surface area contributed by atoms with Crippen LogP contribution in [0.25, 0.3) is 10.6 Å². The number of benzene rings is 1. The van der Waals surface area contributed by atoms with Crippen LogP contribution in [0.3, 0.4) is 0 Å². The van der Waals surface area contributed by atoms with Crippen LogP contribution in [0.5, 0.6) is 0 Å². The Balaban J connectivity index is 2.56. The van der Waals surface area contributed by atoms with Crippen molar-refractivity contribution in [2.24, 2.45) is 5.73 Å². The summed E-state index contributed by atoms with van der Waals surface area (Å²) in [5, 5.41) is 0.225. The Morgan fingerprint density at radius 1 is 1.29 bits per heavy atom. The third kappa shape index (κ3) is 3.24. The van der Waals surface area contributed by atoms with Gasteiger partial charge in [-0.05, 0) is 24.1 Å². The van der Waals surface area contributed by atoms with Gasteiger partial charge in [-0.15, -0.1) is 11.3 Å². The number of alkyl halides is 3. The van der Waals surface area contributed by atoms with Crippen LogP contribution in [-0.2, 0) is 12.7 Å². The summed E-state index contributed by atoms with van der Waals surface area (Å²) in [5.41, 5.74) is 5.28. The summed E-state index contributed by atoms with van der Waals surface area (Å²) < 4.78 is 52.1. The normalized spacial score (nSPS) is 12.2. The third-order valence-electron chi connectivity index (χ3n) is 2.98. The van der Waals surface area contributed by atoms with E-state index in [0.717, 1.165) is 34.4 Å². The highest BCUT2D eigenvalue weighted by Crippen LogP contribution is 2.36. The van der Waals surface area contributed by atoms with Gasteiger partial charge in [-0.1, -0.05) is 13.8 Å². The first-order valence-electron chi connectivity index (χ1n) is 6.30. The van der Waals surface area contributed by atoms with Crippen LogP contribution in [0, 0.1) is 5.82 Å². The van der Waals surface area contributed by atoms with Crippen LogP contribution in [0.4, 0.5) is 17.6 Å². The molecule has 0 aliphatic heterocycles. The van der Waals surface area contributed by atoms with Crippen molar-refractivity contribution in [1.29, 1.82) is 0 Å². The summed E-state index contributed by atoms with van der Waals surface area (Å²) >= 11 is 1.13. The molecule has 2 N–H and O–H groups in total. The minimum Gasteiger partial charge on any atom is -0.326 e. The smallest absolute Gasteiger partial charge is 0.326 e. The van der Waals surface area contributed by atoms with Gasteiger partial charge in [0, 0.05) is 17.0 Å². The zero-order valence-corrected chi connectivity index (χ0v) is 12.3. The van der Waals surface area contributed by atoms with Crippen molar-refractivity contribution < 1.29 is 17.6 Å². The fourth-order valence-electron chi connectivity index (χ4n) is 1.94. The maximum Gasteiger partial charge on any atom is 0.416 e. The molecule has 0 aliphatic carbocycles. The molecule has 7 heteroatoms. The molecule has 0 aliphatic rings. The second-order valence-corrected chi connectivity index (χ2v) is 5.96. The lowest BCUT2D eigenvalue weighted by Crippen LogP contribution is -2.05. The van der Waals surface area contributed by atoms with Crippen molar-refractivity contribution in [3.05, 3.63) is 40.2 Å². The van der Waals surface area contributed by atoms with E-state index in [4.69, 9.17) is 5.73 Å². The monoisotopic (exact) mass is 318 g/mol. The van der Waals surface area contributed by atoms with Crippen LogP contribution in [0.15, 0.2) is 18.2 Å². The van der Waals surface area contributed by atoms with Crippen molar-refractivity contribution >= 4 is 11.3 Å². The summed E-state index contributed by atoms with van der Waals surface area (Å²) in [6.07, 6.45) is -4.52. The Labute approximate surface area is 123 Å². The first-order chi connectivity index (χ1) is 9.74. The molecule has 1 heterocycles. The van der Waals surface area contributed by atoms with E-state index in [9.17, 15) is 17.6 Å². The Kier molecular flexibility index (Phi) is 4.34. The molecule has 1 aromatic carbocycles.